The Labute approximate surface area is 141 Å². The largest absolute Gasteiger partial charge is 1.00 e. The van der Waals surface area contributed by atoms with Crippen molar-refractivity contribution in [1.82, 2.24) is 4.31 Å². The minimum atomic E-state index is -3.53. The summed E-state index contributed by atoms with van der Waals surface area (Å²) in [4.78, 5) is 3.07. The van der Waals surface area contributed by atoms with Gasteiger partial charge >= 0.3 is 15.9 Å². The van der Waals surface area contributed by atoms with Crippen LogP contribution in [0.1, 0.15) is 5.56 Å². The van der Waals surface area contributed by atoms with Crippen molar-refractivity contribution >= 4 is 21.6 Å². The Kier molecular flexibility index (Phi) is 5.21. The number of anilines is 1. The normalized spacial score (nSPS) is 16.6. The minimum Gasteiger partial charge on any atom is -1.00 e. The molecule has 1 aliphatic rings. The second-order valence-electron chi connectivity index (χ2n) is 5.02. The van der Waals surface area contributed by atoms with E-state index in [-0.39, 0.29) is 12.4 Å². The topological polar surface area (TPSA) is 68.8 Å². The summed E-state index contributed by atoms with van der Waals surface area (Å²) in [7, 11) is -3.53. The van der Waals surface area contributed by atoms with Crippen LogP contribution in [0.15, 0.2) is 54.6 Å². The summed E-state index contributed by atoms with van der Waals surface area (Å²) in [5.41, 5.74) is 1.92. The van der Waals surface area contributed by atoms with Crippen LogP contribution in [0.4, 0.5) is 11.4 Å². The molecule has 1 aliphatic heterocycles. The first kappa shape index (κ1) is 17.2. The van der Waals surface area contributed by atoms with Crippen molar-refractivity contribution in [3.05, 3.63) is 65.1 Å². The second-order valence-corrected chi connectivity index (χ2v) is 6.87. The molecule has 0 N–H and O–H groups in total. The van der Waals surface area contributed by atoms with Crippen molar-refractivity contribution in [1.29, 1.82) is 5.39 Å². The zero-order valence-corrected chi connectivity index (χ0v) is 13.8. The lowest BCUT2D eigenvalue weighted by Gasteiger charge is -2.19. The molecule has 6 nitrogen and oxygen atoms in total. The van der Waals surface area contributed by atoms with E-state index in [1.165, 1.54) is 8.61 Å². The molecular formula is C15H15ClN4O2S. The molecule has 8 heteroatoms. The molecule has 0 bridgehead atoms. The van der Waals surface area contributed by atoms with Crippen LogP contribution >= 0.6 is 0 Å². The van der Waals surface area contributed by atoms with Gasteiger partial charge in [-0.15, -0.1) is 0 Å². The Morgan fingerprint density at radius 3 is 2.26 bits per heavy atom. The maximum atomic E-state index is 12.6. The summed E-state index contributed by atoms with van der Waals surface area (Å²) >= 11 is 0. The fraction of sp³-hybridized carbons (Fsp3) is 0.200. The van der Waals surface area contributed by atoms with E-state index < -0.39 is 10.2 Å². The van der Waals surface area contributed by atoms with Gasteiger partial charge in [-0.3, -0.25) is 4.31 Å². The van der Waals surface area contributed by atoms with Gasteiger partial charge in [0.1, 0.15) is 0 Å². The van der Waals surface area contributed by atoms with Crippen molar-refractivity contribution in [3.63, 3.8) is 0 Å². The maximum absolute atomic E-state index is 12.6. The molecule has 2 aromatic rings. The van der Waals surface area contributed by atoms with Gasteiger partial charge in [0.15, 0.2) is 4.98 Å². The molecular weight excluding hydrogens is 336 g/mol. The fourth-order valence-corrected chi connectivity index (χ4v) is 4.07. The molecule has 0 spiro atoms. The number of hydrogen-bond acceptors (Lipinski definition) is 3. The predicted octanol–water partition coefficient (Wildman–Crippen LogP) is -0.258. The summed E-state index contributed by atoms with van der Waals surface area (Å²) in [5.74, 6) is 0. The summed E-state index contributed by atoms with van der Waals surface area (Å²) < 4.78 is 28.1. The number of rotatable bonds is 3. The molecule has 1 fully saturated rings. The highest BCUT2D eigenvalue weighted by atomic mass is 35.5. The van der Waals surface area contributed by atoms with Crippen molar-refractivity contribution in [2.45, 2.75) is 6.54 Å². The highest BCUT2D eigenvalue weighted by Crippen LogP contribution is 2.28. The van der Waals surface area contributed by atoms with Crippen molar-refractivity contribution in [2.24, 2.45) is 0 Å². The number of benzene rings is 2. The van der Waals surface area contributed by atoms with Crippen LogP contribution in [0, 0.1) is 5.39 Å². The van der Waals surface area contributed by atoms with Gasteiger partial charge in [0.2, 0.25) is 5.39 Å². The number of hydrogen-bond donors (Lipinski definition) is 0. The summed E-state index contributed by atoms with van der Waals surface area (Å²) in [5, 5.41) is 8.69. The van der Waals surface area contributed by atoms with Crippen molar-refractivity contribution in [3.8, 4) is 0 Å². The molecule has 0 atom stereocenters. The Morgan fingerprint density at radius 2 is 1.65 bits per heavy atom. The van der Waals surface area contributed by atoms with E-state index in [2.05, 4.69) is 4.98 Å². The van der Waals surface area contributed by atoms with Gasteiger partial charge in [-0.05, 0) is 17.7 Å². The molecule has 1 heterocycles. The maximum Gasteiger partial charge on any atom is 0.385 e. The van der Waals surface area contributed by atoms with Gasteiger partial charge < -0.3 is 12.4 Å². The van der Waals surface area contributed by atoms with Gasteiger partial charge in [-0.2, -0.15) is 12.7 Å². The molecule has 3 rings (SSSR count). The second kappa shape index (κ2) is 6.96. The molecule has 0 amide bonds. The Bertz CT molecular complexity index is 804. The van der Waals surface area contributed by atoms with Crippen LogP contribution in [0.5, 0.6) is 0 Å². The number of halogens is 1. The van der Waals surface area contributed by atoms with E-state index in [9.17, 15) is 8.42 Å². The van der Waals surface area contributed by atoms with Gasteiger partial charge in [0, 0.05) is 31.8 Å². The van der Waals surface area contributed by atoms with E-state index in [1.54, 1.807) is 24.3 Å². The highest BCUT2D eigenvalue weighted by Gasteiger charge is 2.36. The van der Waals surface area contributed by atoms with Crippen LogP contribution in [0.3, 0.4) is 0 Å². The first-order chi connectivity index (χ1) is 10.6. The third-order valence-electron chi connectivity index (χ3n) is 3.61. The predicted molar refractivity (Wildman–Crippen MR) is 84.3 cm³/mol. The summed E-state index contributed by atoms with van der Waals surface area (Å²) in [6, 6.07) is 15.9. The number of diazo groups is 1. The van der Waals surface area contributed by atoms with Crippen molar-refractivity contribution in [2.75, 3.05) is 17.4 Å². The van der Waals surface area contributed by atoms with Crippen LogP contribution in [0.2, 0.25) is 0 Å². The van der Waals surface area contributed by atoms with Crippen molar-refractivity contribution < 1.29 is 20.8 Å². The van der Waals surface area contributed by atoms with E-state index in [4.69, 9.17) is 5.39 Å². The van der Waals surface area contributed by atoms with Crippen LogP contribution in [-0.2, 0) is 16.8 Å². The average Bonchev–Trinajstić information content (AvgIpc) is 2.83. The smallest absolute Gasteiger partial charge is 0.385 e. The third-order valence-corrected chi connectivity index (χ3v) is 5.53. The molecule has 0 aliphatic carbocycles. The lowest BCUT2D eigenvalue weighted by Crippen LogP contribution is -3.00. The minimum absolute atomic E-state index is 0. The summed E-state index contributed by atoms with van der Waals surface area (Å²) in [6.07, 6.45) is 0. The fourth-order valence-electron chi connectivity index (χ4n) is 2.47. The third kappa shape index (κ3) is 3.45. The Morgan fingerprint density at radius 1 is 1.00 bits per heavy atom. The van der Waals surface area contributed by atoms with E-state index in [1.807, 2.05) is 30.3 Å². The SMILES string of the molecule is N#[N+]c1ccc(N2CCN(Cc3ccccc3)S2(=O)=O)cc1.[Cl-]. The van der Waals surface area contributed by atoms with Gasteiger partial charge in [-0.25, -0.2) is 0 Å². The molecule has 0 radical (unpaired) electrons. The van der Waals surface area contributed by atoms with E-state index >= 15 is 0 Å². The lowest BCUT2D eigenvalue weighted by atomic mass is 10.2. The monoisotopic (exact) mass is 350 g/mol. The lowest BCUT2D eigenvalue weighted by molar-refractivity contribution is -0.00000706. The molecule has 0 unspecified atom stereocenters. The highest BCUT2D eigenvalue weighted by molar-refractivity contribution is 7.90. The summed E-state index contributed by atoms with van der Waals surface area (Å²) in [6.45, 7) is 1.22. The Hall–Kier alpha value is -2.14. The molecule has 23 heavy (non-hydrogen) atoms. The molecule has 0 saturated carbocycles. The van der Waals surface area contributed by atoms with Crippen LogP contribution in [0.25, 0.3) is 4.98 Å². The van der Waals surface area contributed by atoms with E-state index in [0.29, 0.717) is 31.0 Å². The van der Waals surface area contributed by atoms with Gasteiger partial charge in [0.25, 0.3) is 0 Å². The van der Waals surface area contributed by atoms with Crippen LogP contribution < -0.4 is 16.7 Å². The molecule has 120 valence electrons. The first-order valence-electron chi connectivity index (χ1n) is 6.88. The molecule has 1 saturated heterocycles. The molecule has 0 aromatic heterocycles. The zero-order chi connectivity index (χ0) is 15.6. The molecule has 2 aromatic carbocycles. The number of nitrogens with zero attached hydrogens (tertiary/aromatic N) is 4. The van der Waals surface area contributed by atoms with Gasteiger partial charge in [0.05, 0.1) is 5.69 Å². The standard InChI is InChI=1S/C15H15N4O2S.ClH/c16-17-14-6-8-15(9-7-14)19-11-10-18(22(19,20)21)12-13-4-2-1-3-5-13;/h1-9H,10-12H2;1H/q+1;/p-1. The first-order valence-corrected chi connectivity index (χ1v) is 8.28. The van der Waals surface area contributed by atoms with E-state index in [0.717, 1.165) is 5.56 Å². The van der Waals surface area contributed by atoms with Gasteiger partial charge in [-0.1, -0.05) is 30.3 Å². The quantitative estimate of drug-likeness (QED) is 0.716. The van der Waals surface area contributed by atoms with Crippen LogP contribution in [-0.4, -0.2) is 25.8 Å². The average molecular weight is 351 g/mol. The zero-order valence-electron chi connectivity index (χ0n) is 12.2. The Balaban J connectivity index is 0.00000192.